The fourth-order valence-electron chi connectivity index (χ4n) is 4.71. The van der Waals surface area contributed by atoms with Crippen molar-refractivity contribution >= 4 is 27.5 Å². The van der Waals surface area contributed by atoms with Crippen molar-refractivity contribution in [2.24, 2.45) is 0 Å². The van der Waals surface area contributed by atoms with Gasteiger partial charge in [-0.3, -0.25) is 13.9 Å². The van der Waals surface area contributed by atoms with E-state index in [-0.39, 0.29) is 34.8 Å². The van der Waals surface area contributed by atoms with E-state index in [2.05, 4.69) is 5.32 Å². The Balaban J connectivity index is 2.15. The number of methoxy groups -OCH3 is 2. The Morgan fingerprint density at radius 3 is 2.16 bits per heavy atom. The summed E-state index contributed by atoms with van der Waals surface area (Å²) in [6.45, 7) is 9.08. The van der Waals surface area contributed by atoms with Gasteiger partial charge >= 0.3 is 0 Å². The van der Waals surface area contributed by atoms with E-state index in [1.54, 1.807) is 24.3 Å². The maximum absolute atomic E-state index is 14.3. The van der Waals surface area contributed by atoms with Crippen molar-refractivity contribution in [1.29, 1.82) is 0 Å². The van der Waals surface area contributed by atoms with Crippen molar-refractivity contribution in [2.45, 2.75) is 71.0 Å². The SMILES string of the molecule is CC[C@H](C)NC(=O)[C@H](CC)N(Cc1cccc(C)c1)C(=O)CN(c1cc(OC)ccc1OC)S(=O)(=O)c1ccc(C)cc1. The number of carbonyl (C=O) groups is 2. The number of ether oxygens (including phenoxy) is 2. The van der Waals surface area contributed by atoms with Crippen molar-refractivity contribution in [3.63, 3.8) is 0 Å². The van der Waals surface area contributed by atoms with Gasteiger partial charge in [-0.2, -0.15) is 0 Å². The highest BCUT2D eigenvalue weighted by atomic mass is 32.2. The topological polar surface area (TPSA) is 105 Å². The zero-order valence-corrected chi connectivity index (χ0v) is 26.9. The van der Waals surface area contributed by atoms with Crippen LogP contribution in [0.2, 0.25) is 0 Å². The molecule has 2 amide bonds. The van der Waals surface area contributed by atoms with Gasteiger partial charge in [0.2, 0.25) is 11.8 Å². The molecule has 9 nitrogen and oxygen atoms in total. The Hall–Kier alpha value is -4.05. The Labute approximate surface area is 255 Å². The lowest BCUT2D eigenvalue weighted by Gasteiger charge is -2.34. The number of nitrogens with zero attached hydrogens (tertiary/aromatic N) is 2. The third kappa shape index (κ3) is 8.28. The summed E-state index contributed by atoms with van der Waals surface area (Å²) >= 11 is 0. The third-order valence-corrected chi connectivity index (χ3v) is 9.14. The molecule has 0 unspecified atom stereocenters. The zero-order valence-electron chi connectivity index (χ0n) is 26.1. The van der Waals surface area contributed by atoms with Crippen molar-refractivity contribution in [1.82, 2.24) is 10.2 Å². The molecule has 10 heteroatoms. The smallest absolute Gasteiger partial charge is 0.264 e. The molecule has 1 N–H and O–H groups in total. The van der Waals surface area contributed by atoms with Crippen LogP contribution in [0.4, 0.5) is 5.69 Å². The third-order valence-electron chi connectivity index (χ3n) is 7.36. The Morgan fingerprint density at radius 1 is 0.884 bits per heavy atom. The number of hydrogen-bond donors (Lipinski definition) is 1. The fraction of sp³-hybridized carbons (Fsp3) is 0.394. The summed E-state index contributed by atoms with van der Waals surface area (Å²) in [4.78, 5) is 29.3. The van der Waals surface area contributed by atoms with Crippen LogP contribution >= 0.6 is 0 Å². The van der Waals surface area contributed by atoms with E-state index in [9.17, 15) is 18.0 Å². The van der Waals surface area contributed by atoms with Gasteiger partial charge in [0.1, 0.15) is 24.1 Å². The second-order valence-electron chi connectivity index (χ2n) is 10.6. The van der Waals surface area contributed by atoms with Crippen molar-refractivity contribution in [2.75, 3.05) is 25.1 Å². The van der Waals surface area contributed by atoms with Gasteiger partial charge in [-0.25, -0.2) is 8.42 Å². The summed E-state index contributed by atoms with van der Waals surface area (Å²) in [7, 11) is -1.36. The van der Waals surface area contributed by atoms with Gasteiger partial charge in [0.05, 0.1) is 24.8 Å². The molecular formula is C33H43N3O6S. The molecule has 2 atom stereocenters. The molecule has 3 rings (SSSR count). The zero-order chi connectivity index (χ0) is 31.7. The number of rotatable bonds is 14. The number of aryl methyl sites for hydroxylation is 2. The van der Waals surface area contributed by atoms with Crippen LogP contribution in [0.3, 0.4) is 0 Å². The molecule has 0 aliphatic rings. The van der Waals surface area contributed by atoms with Gasteiger partial charge < -0.3 is 19.7 Å². The van der Waals surface area contributed by atoms with Crippen LogP contribution in [0.5, 0.6) is 11.5 Å². The highest BCUT2D eigenvalue weighted by Gasteiger charge is 2.35. The molecule has 0 fully saturated rings. The second kappa shape index (κ2) is 14.9. The predicted molar refractivity (Wildman–Crippen MR) is 169 cm³/mol. The molecule has 3 aromatic rings. The van der Waals surface area contributed by atoms with Crippen LogP contribution in [-0.4, -0.2) is 58.0 Å². The highest BCUT2D eigenvalue weighted by Crippen LogP contribution is 2.36. The van der Waals surface area contributed by atoms with Crippen molar-refractivity contribution < 1.29 is 27.5 Å². The number of nitrogens with one attached hydrogen (secondary N) is 1. The molecule has 0 aliphatic heterocycles. The molecule has 0 bridgehead atoms. The number of sulfonamides is 1. The second-order valence-corrected chi connectivity index (χ2v) is 12.5. The van der Waals surface area contributed by atoms with Gasteiger partial charge in [-0.05, 0) is 63.4 Å². The molecule has 0 saturated heterocycles. The van der Waals surface area contributed by atoms with Crippen molar-refractivity contribution in [3.05, 3.63) is 83.4 Å². The molecule has 3 aromatic carbocycles. The number of benzene rings is 3. The number of hydrogen-bond acceptors (Lipinski definition) is 6. The summed E-state index contributed by atoms with van der Waals surface area (Å²) in [5.74, 6) is -0.183. The summed E-state index contributed by atoms with van der Waals surface area (Å²) in [6, 6.07) is 18.0. The average molecular weight is 610 g/mol. The van der Waals surface area contributed by atoms with E-state index >= 15 is 0 Å². The predicted octanol–water partition coefficient (Wildman–Crippen LogP) is 5.24. The molecule has 0 aliphatic carbocycles. The van der Waals surface area contributed by atoms with Crippen LogP contribution in [0.25, 0.3) is 0 Å². The summed E-state index contributed by atoms with van der Waals surface area (Å²) in [5, 5.41) is 2.99. The van der Waals surface area contributed by atoms with Gasteiger partial charge in [-0.1, -0.05) is 61.4 Å². The summed E-state index contributed by atoms with van der Waals surface area (Å²) in [5.41, 5.74) is 2.87. The maximum Gasteiger partial charge on any atom is 0.264 e. The standard InChI is InChI=1S/C33H43N3O6S/c1-8-25(5)34-33(38)29(9-2)35(21-26-12-10-11-24(4)19-26)32(37)22-36(30-20-27(41-6)15-18-31(30)42-7)43(39,40)28-16-13-23(3)14-17-28/h10-20,25,29H,8-9,21-22H2,1-7H3,(H,34,38)/t25-,29-/m0/s1. The van der Waals surface area contributed by atoms with Gasteiger partial charge in [0.15, 0.2) is 0 Å². The van der Waals surface area contributed by atoms with Crippen LogP contribution in [0.15, 0.2) is 71.6 Å². The van der Waals surface area contributed by atoms with E-state index in [4.69, 9.17) is 9.47 Å². The molecule has 0 radical (unpaired) electrons. The Bertz CT molecular complexity index is 1510. The van der Waals surface area contributed by atoms with Gasteiger partial charge in [0, 0.05) is 18.7 Å². The van der Waals surface area contributed by atoms with E-state index in [1.165, 1.54) is 37.3 Å². The van der Waals surface area contributed by atoms with Gasteiger partial charge in [-0.15, -0.1) is 0 Å². The molecule has 232 valence electrons. The minimum atomic E-state index is -4.26. The number of amides is 2. The van der Waals surface area contributed by atoms with E-state index in [0.29, 0.717) is 12.2 Å². The van der Waals surface area contributed by atoms with E-state index in [0.717, 1.165) is 27.4 Å². The highest BCUT2D eigenvalue weighted by molar-refractivity contribution is 7.92. The quantitative estimate of drug-likeness (QED) is 0.268. The number of carbonyl (C=O) groups excluding carboxylic acids is 2. The Morgan fingerprint density at radius 2 is 1.58 bits per heavy atom. The first kappa shape index (κ1) is 33.5. The first-order valence-corrected chi connectivity index (χ1v) is 15.9. The molecule has 43 heavy (non-hydrogen) atoms. The van der Waals surface area contributed by atoms with Crippen molar-refractivity contribution in [3.8, 4) is 11.5 Å². The average Bonchev–Trinajstić information content (AvgIpc) is 2.99. The minimum Gasteiger partial charge on any atom is -0.497 e. The van der Waals surface area contributed by atoms with Crippen LogP contribution in [0.1, 0.15) is 50.3 Å². The summed E-state index contributed by atoms with van der Waals surface area (Å²) in [6.07, 6.45) is 1.07. The van der Waals surface area contributed by atoms with Crippen LogP contribution < -0.4 is 19.1 Å². The Kier molecular flexibility index (Phi) is 11.6. The molecule has 0 saturated carbocycles. The first-order valence-electron chi connectivity index (χ1n) is 14.4. The van der Waals surface area contributed by atoms with E-state index in [1.807, 2.05) is 58.9 Å². The monoisotopic (exact) mass is 609 g/mol. The van der Waals surface area contributed by atoms with Crippen LogP contribution in [-0.2, 0) is 26.2 Å². The molecule has 0 aromatic heterocycles. The normalized spacial score (nSPS) is 12.6. The molecular weight excluding hydrogens is 566 g/mol. The van der Waals surface area contributed by atoms with E-state index < -0.39 is 28.5 Å². The molecule has 0 heterocycles. The summed E-state index contributed by atoms with van der Waals surface area (Å²) < 4.78 is 40.4. The van der Waals surface area contributed by atoms with Gasteiger partial charge in [0.25, 0.3) is 10.0 Å². The van der Waals surface area contributed by atoms with Crippen LogP contribution in [0, 0.1) is 13.8 Å². The number of anilines is 1. The lowest BCUT2D eigenvalue weighted by atomic mass is 10.1. The largest absolute Gasteiger partial charge is 0.497 e. The lowest BCUT2D eigenvalue weighted by Crippen LogP contribution is -2.53. The minimum absolute atomic E-state index is 0.0163. The fourth-order valence-corrected chi connectivity index (χ4v) is 6.13. The lowest BCUT2D eigenvalue weighted by molar-refractivity contribution is -0.140. The molecule has 0 spiro atoms. The first-order chi connectivity index (χ1) is 20.4. The maximum atomic E-state index is 14.3.